The molecule has 1 atom stereocenters. The molecule has 2 heterocycles. The number of hydrogen-bond donors (Lipinski definition) is 0. The predicted octanol–water partition coefficient (Wildman–Crippen LogP) is 1.16. The van der Waals surface area contributed by atoms with Crippen molar-refractivity contribution in [2.45, 2.75) is 13.0 Å². The molecule has 5 heteroatoms. The van der Waals surface area contributed by atoms with Crippen LogP contribution in [-0.2, 0) is 18.4 Å². The van der Waals surface area contributed by atoms with Crippen molar-refractivity contribution in [1.29, 1.82) is 0 Å². The topological polar surface area (TPSA) is 38.1 Å². The van der Waals surface area contributed by atoms with Crippen molar-refractivity contribution >= 4 is 21.8 Å². The second-order valence-electron chi connectivity index (χ2n) is 3.98. The number of carbonyl (C=O) groups excluding carboxylic acids is 1. The maximum atomic E-state index is 11.6. The van der Waals surface area contributed by atoms with Crippen LogP contribution in [0.3, 0.4) is 0 Å². The molecule has 0 N–H and O–H groups in total. The summed E-state index contributed by atoms with van der Waals surface area (Å²) in [5.41, 5.74) is 0.959. The second-order valence-corrected chi connectivity index (χ2v) is 4.63. The Hall–Kier alpha value is -0.840. The number of nitrogens with zero attached hydrogens (tertiary/aromatic N) is 3. The van der Waals surface area contributed by atoms with Gasteiger partial charge in [-0.2, -0.15) is 5.10 Å². The van der Waals surface area contributed by atoms with Gasteiger partial charge in [0.1, 0.15) is 0 Å². The Kier molecular flexibility index (Phi) is 3.09. The van der Waals surface area contributed by atoms with Crippen molar-refractivity contribution in [2.24, 2.45) is 13.0 Å². The maximum absolute atomic E-state index is 11.6. The van der Waals surface area contributed by atoms with Gasteiger partial charge in [0.05, 0.1) is 12.2 Å². The molecule has 15 heavy (non-hydrogen) atoms. The Morgan fingerprint density at radius 3 is 3.00 bits per heavy atom. The van der Waals surface area contributed by atoms with Crippen molar-refractivity contribution in [3.05, 3.63) is 18.0 Å². The Morgan fingerprint density at radius 1 is 1.67 bits per heavy atom. The number of carbonyl (C=O) groups is 1. The van der Waals surface area contributed by atoms with Gasteiger partial charge in [-0.15, -0.1) is 0 Å². The predicted molar refractivity (Wildman–Crippen MR) is 60.5 cm³/mol. The third-order valence-electron chi connectivity index (χ3n) is 2.63. The molecule has 82 valence electrons. The molecule has 0 aliphatic carbocycles. The molecule has 1 aliphatic heterocycles. The van der Waals surface area contributed by atoms with Gasteiger partial charge in [-0.3, -0.25) is 9.48 Å². The molecule has 1 aliphatic rings. The molecule has 0 radical (unpaired) electrons. The Labute approximate surface area is 97.4 Å². The average Bonchev–Trinajstić information content (AvgIpc) is 2.75. The van der Waals surface area contributed by atoms with E-state index in [0.29, 0.717) is 18.9 Å². The van der Waals surface area contributed by atoms with Crippen LogP contribution >= 0.6 is 15.9 Å². The second kappa shape index (κ2) is 4.35. The van der Waals surface area contributed by atoms with Crippen molar-refractivity contribution in [3.8, 4) is 0 Å². The van der Waals surface area contributed by atoms with E-state index in [1.54, 1.807) is 4.68 Å². The molecule has 1 amide bonds. The van der Waals surface area contributed by atoms with Gasteiger partial charge >= 0.3 is 0 Å². The lowest BCUT2D eigenvalue weighted by Gasteiger charge is -2.14. The fraction of sp³-hybridized carbons (Fsp3) is 0.600. The monoisotopic (exact) mass is 271 g/mol. The first kappa shape index (κ1) is 10.7. The fourth-order valence-electron chi connectivity index (χ4n) is 1.85. The van der Waals surface area contributed by atoms with Gasteiger partial charge in [-0.25, -0.2) is 0 Å². The van der Waals surface area contributed by atoms with Gasteiger partial charge in [0.2, 0.25) is 5.91 Å². The summed E-state index contributed by atoms with van der Waals surface area (Å²) in [7, 11) is 1.89. The number of rotatable bonds is 3. The van der Waals surface area contributed by atoms with Crippen molar-refractivity contribution in [1.82, 2.24) is 14.7 Å². The van der Waals surface area contributed by atoms with Crippen LogP contribution in [0.5, 0.6) is 0 Å². The summed E-state index contributed by atoms with van der Waals surface area (Å²) in [5, 5.41) is 5.17. The van der Waals surface area contributed by atoms with Crippen molar-refractivity contribution < 1.29 is 4.79 Å². The third-order valence-corrected chi connectivity index (χ3v) is 3.55. The minimum Gasteiger partial charge on any atom is -0.336 e. The molecule has 1 fully saturated rings. The van der Waals surface area contributed by atoms with Crippen LogP contribution in [0.4, 0.5) is 0 Å². The van der Waals surface area contributed by atoms with Crippen LogP contribution in [0.25, 0.3) is 0 Å². The Bertz CT molecular complexity index is 363. The Balaban J connectivity index is 1.98. The summed E-state index contributed by atoms with van der Waals surface area (Å²) in [6.07, 6.45) is 2.57. The first-order valence-electron chi connectivity index (χ1n) is 5.01. The van der Waals surface area contributed by atoms with Gasteiger partial charge in [-0.05, 0) is 12.0 Å². The minimum atomic E-state index is 0.241. The zero-order valence-electron chi connectivity index (χ0n) is 8.69. The van der Waals surface area contributed by atoms with Gasteiger partial charge in [0.25, 0.3) is 0 Å². The molecule has 0 bridgehead atoms. The Morgan fingerprint density at radius 2 is 2.47 bits per heavy atom. The van der Waals surface area contributed by atoms with E-state index in [1.807, 2.05) is 24.2 Å². The van der Waals surface area contributed by atoms with E-state index in [-0.39, 0.29) is 5.91 Å². The quantitative estimate of drug-likeness (QED) is 0.774. The highest BCUT2D eigenvalue weighted by atomic mass is 79.9. The first-order chi connectivity index (χ1) is 7.19. The maximum Gasteiger partial charge on any atom is 0.223 e. The number of amides is 1. The smallest absolute Gasteiger partial charge is 0.223 e. The number of halogens is 1. The highest BCUT2D eigenvalue weighted by molar-refractivity contribution is 9.09. The minimum absolute atomic E-state index is 0.241. The van der Waals surface area contributed by atoms with E-state index in [4.69, 9.17) is 0 Å². The lowest BCUT2D eigenvalue weighted by atomic mass is 10.2. The number of alkyl halides is 1. The number of likely N-dealkylation sites (tertiary alicyclic amines) is 1. The normalized spacial score (nSPS) is 21.3. The van der Waals surface area contributed by atoms with Crippen LogP contribution < -0.4 is 0 Å². The highest BCUT2D eigenvalue weighted by Crippen LogP contribution is 2.20. The van der Waals surface area contributed by atoms with E-state index in [1.165, 1.54) is 0 Å². The molecule has 0 saturated carbocycles. The van der Waals surface area contributed by atoms with Crippen LogP contribution in [-0.4, -0.2) is 32.5 Å². The van der Waals surface area contributed by atoms with E-state index >= 15 is 0 Å². The van der Waals surface area contributed by atoms with Gasteiger partial charge in [0, 0.05) is 31.5 Å². The SMILES string of the molecule is Cn1ccc(CN2CC(CBr)CC2=O)n1. The van der Waals surface area contributed by atoms with E-state index in [9.17, 15) is 4.79 Å². The number of aryl methyl sites for hydroxylation is 1. The molecule has 4 nitrogen and oxygen atoms in total. The lowest BCUT2D eigenvalue weighted by molar-refractivity contribution is -0.128. The molecule has 0 spiro atoms. The van der Waals surface area contributed by atoms with E-state index < -0.39 is 0 Å². The summed E-state index contributed by atoms with van der Waals surface area (Å²) >= 11 is 3.42. The number of hydrogen-bond acceptors (Lipinski definition) is 2. The third kappa shape index (κ3) is 2.40. The van der Waals surface area contributed by atoms with E-state index in [0.717, 1.165) is 17.6 Å². The summed E-state index contributed by atoms with van der Waals surface area (Å²) in [6.45, 7) is 1.49. The molecule has 1 unspecified atom stereocenters. The molecular formula is C10H14BrN3O. The van der Waals surface area contributed by atoms with E-state index in [2.05, 4.69) is 21.0 Å². The van der Waals surface area contributed by atoms with Gasteiger partial charge in [0.15, 0.2) is 0 Å². The zero-order valence-corrected chi connectivity index (χ0v) is 10.3. The highest BCUT2D eigenvalue weighted by Gasteiger charge is 2.28. The standard InChI is InChI=1S/C10H14BrN3O/c1-13-3-2-9(12-13)7-14-6-8(5-11)4-10(14)15/h2-3,8H,4-7H2,1H3. The largest absolute Gasteiger partial charge is 0.336 e. The average molecular weight is 272 g/mol. The first-order valence-corrected chi connectivity index (χ1v) is 6.13. The van der Waals surface area contributed by atoms with Crippen LogP contribution in [0, 0.1) is 5.92 Å². The fourth-order valence-corrected chi connectivity index (χ4v) is 2.29. The van der Waals surface area contributed by atoms with Crippen LogP contribution in [0.15, 0.2) is 12.3 Å². The number of aromatic nitrogens is 2. The molecule has 1 aromatic heterocycles. The lowest BCUT2D eigenvalue weighted by Crippen LogP contribution is -2.25. The molecular weight excluding hydrogens is 258 g/mol. The van der Waals surface area contributed by atoms with Crippen molar-refractivity contribution in [2.75, 3.05) is 11.9 Å². The zero-order chi connectivity index (χ0) is 10.8. The summed E-state index contributed by atoms with van der Waals surface area (Å²) in [6, 6.07) is 1.95. The van der Waals surface area contributed by atoms with Gasteiger partial charge < -0.3 is 4.90 Å². The van der Waals surface area contributed by atoms with Crippen molar-refractivity contribution in [3.63, 3.8) is 0 Å². The molecule has 2 rings (SSSR count). The van der Waals surface area contributed by atoms with Crippen LogP contribution in [0.2, 0.25) is 0 Å². The molecule has 1 aromatic rings. The summed E-state index contributed by atoms with van der Waals surface area (Å²) in [5.74, 6) is 0.700. The summed E-state index contributed by atoms with van der Waals surface area (Å²) in [4.78, 5) is 13.5. The summed E-state index contributed by atoms with van der Waals surface area (Å²) < 4.78 is 1.76. The molecule has 0 aromatic carbocycles. The van der Waals surface area contributed by atoms with Gasteiger partial charge in [-0.1, -0.05) is 15.9 Å². The molecule has 1 saturated heterocycles. The van der Waals surface area contributed by atoms with Crippen LogP contribution in [0.1, 0.15) is 12.1 Å².